The summed E-state index contributed by atoms with van der Waals surface area (Å²) in [6.45, 7) is 0. The summed E-state index contributed by atoms with van der Waals surface area (Å²) in [6, 6.07) is 19.6. The van der Waals surface area contributed by atoms with Crippen molar-refractivity contribution in [3.8, 4) is 5.69 Å². The highest BCUT2D eigenvalue weighted by molar-refractivity contribution is 7.98. The maximum Gasteiger partial charge on any atom is 0.274 e. The predicted octanol–water partition coefficient (Wildman–Crippen LogP) is 5.14. The summed E-state index contributed by atoms with van der Waals surface area (Å²) in [7, 11) is 0. The average Bonchev–Trinajstić information content (AvgIpc) is 3.13. The van der Waals surface area contributed by atoms with Crippen molar-refractivity contribution in [2.45, 2.75) is 5.16 Å². The van der Waals surface area contributed by atoms with Crippen LogP contribution in [0.2, 0.25) is 0 Å². The fourth-order valence-corrected chi connectivity index (χ4v) is 3.54. The van der Waals surface area contributed by atoms with Crippen molar-refractivity contribution in [3.05, 3.63) is 84.4 Å². The summed E-state index contributed by atoms with van der Waals surface area (Å²) in [5.41, 5.74) is 1.80. The number of aromatic nitrogens is 2. The third-order valence-electron chi connectivity index (χ3n) is 4.27. The largest absolute Gasteiger partial charge is 0.320 e. The van der Waals surface area contributed by atoms with Crippen LogP contribution in [0, 0.1) is 5.82 Å². The summed E-state index contributed by atoms with van der Waals surface area (Å²) in [4.78, 5) is 17.3. The molecule has 0 aliphatic rings. The average molecular weight is 377 g/mol. The van der Waals surface area contributed by atoms with Crippen molar-refractivity contribution in [2.75, 3.05) is 11.6 Å². The normalized spacial score (nSPS) is 10.9. The molecule has 0 aliphatic carbocycles. The molecule has 0 spiro atoms. The number of hydrogen-bond donors (Lipinski definition) is 1. The molecule has 134 valence electrons. The first-order chi connectivity index (χ1) is 13.2. The van der Waals surface area contributed by atoms with Gasteiger partial charge in [0, 0.05) is 16.8 Å². The Morgan fingerprint density at radius 3 is 2.56 bits per heavy atom. The number of carbonyl (C=O) groups excluding carboxylic acids is 1. The Hall–Kier alpha value is -3.12. The lowest BCUT2D eigenvalue weighted by molar-refractivity contribution is 0.102. The minimum Gasteiger partial charge on any atom is -0.320 e. The Kier molecular flexibility index (Phi) is 4.64. The van der Waals surface area contributed by atoms with E-state index in [4.69, 9.17) is 0 Å². The van der Waals surface area contributed by atoms with Crippen LogP contribution in [0.1, 0.15) is 10.5 Å². The van der Waals surface area contributed by atoms with E-state index in [0.717, 1.165) is 16.5 Å². The molecule has 0 saturated carbocycles. The molecule has 6 heteroatoms. The number of hydrogen-bond acceptors (Lipinski definition) is 3. The molecule has 0 saturated heterocycles. The number of anilines is 1. The first-order valence-corrected chi connectivity index (χ1v) is 9.56. The number of nitrogens with zero attached hydrogens (tertiary/aromatic N) is 2. The number of thioether (sulfide) groups is 1. The van der Waals surface area contributed by atoms with Gasteiger partial charge in [0.15, 0.2) is 5.16 Å². The van der Waals surface area contributed by atoms with Crippen molar-refractivity contribution in [1.82, 2.24) is 9.55 Å². The number of carbonyl (C=O) groups is 1. The molecule has 4 nitrogen and oxygen atoms in total. The fraction of sp³-hybridized carbons (Fsp3) is 0.0476. The number of nitrogens with one attached hydrogen (secondary N) is 1. The first kappa shape index (κ1) is 17.3. The van der Waals surface area contributed by atoms with Gasteiger partial charge in [-0.1, -0.05) is 48.2 Å². The van der Waals surface area contributed by atoms with E-state index in [1.807, 2.05) is 48.7 Å². The van der Waals surface area contributed by atoms with E-state index >= 15 is 0 Å². The second-order valence-corrected chi connectivity index (χ2v) is 6.70. The number of amides is 1. The van der Waals surface area contributed by atoms with Gasteiger partial charge in [-0.3, -0.25) is 9.36 Å². The van der Waals surface area contributed by atoms with Crippen LogP contribution >= 0.6 is 11.8 Å². The van der Waals surface area contributed by atoms with E-state index in [1.54, 1.807) is 16.7 Å². The molecular weight excluding hydrogens is 361 g/mol. The second-order valence-electron chi connectivity index (χ2n) is 5.92. The van der Waals surface area contributed by atoms with Gasteiger partial charge in [-0.2, -0.15) is 0 Å². The van der Waals surface area contributed by atoms with Gasteiger partial charge in [-0.15, -0.1) is 0 Å². The molecule has 0 fully saturated rings. The molecule has 1 N–H and O–H groups in total. The van der Waals surface area contributed by atoms with Gasteiger partial charge in [-0.25, -0.2) is 9.37 Å². The van der Waals surface area contributed by atoms with Crippen LogP contribution < -0.4 is 5.32 Å². The topological polar surface area (TPSA) is 46.9 Å². The van der Waals surface area contributed by atoms with E-state index in [0.29, 0.717) is 16.5 Å². The van der Waals surface area contributed by atoms with Crippen molar-refractivity contribution < 1.29 is 9.18 Å². The number of halogens is 1. The highest BCUT2D eigenvalue weighted by atomic mass is 32.2. The zero-order valence-corrected chi connectivity index (χ0v) is 15.3. The summed E-state index contributed by atoms with van der Waals surface area (Å²) in [5, 5.41) is 5.65. The van der Waals surface area contributed by atoms with Gasteiger partial charge in [-0.05, 0) is 42.0 Å². The summed E-state index contributed by atoms with van der Waals surface area (Å²) >= 11 is 1.42. The lowest BCUT2D eigenvalue weighted by Gasteiger charge is -2.12. The van der Waals surface area contributed by atoms with Crippen LogP contribution in [0.15, 0.2) is 78.1 Å². The number of rotatable bonds is 4. The smallest absolute Gasteiger partial charge is 0.274 e. The molecule has 1 heterocycles. The maximum absolute atomic E-state index is 13.3. The molecule has 4 rings (SSSR count). The zero-order valence-electron chi connectivity index (χ0n) is 14.5. The molecule has 0 atom stereocenters. The van der Waals surface area contributed by atoms with Gasteiger partial charge >= 0.3 is 0 Å². The number of imidazole rings is 1. The Morgan fingerprint density at radius 2 is 1.78 bits per heavy atom. The quantitative estimate of drug-likeness (QED) is 0.501. The van der Waals surface area contributed by atoms with Crippen molar-refractivity contribution in [2.24, 2.45) is 0 Å². The van der Waals surface area contributed by atoms with E-state index in [2.05, 4.69) is 10.3 Å². The molecule has 1 aromatic heterocycles. The van der Waals surface area contributed by atoms with E-state index in [1.165, 1.54) is 30.1 Å². The van der Waals surface area contributed by atoms with Crippen LogP contribution in [-0.4, -0.2) is 21.7 Å². The van der Waals surface area contributed by atoms with Crippen LogP contribution in [0.25, 0.3) is 16.5 Å². The number of benzene rings is 3. The Morgan fingerprint density at radius 1 is 1.04 bits per heavy atom. The summed E-state index contributed by atoms with van der Waals surface area (Å²) < 4.78 is 15.0. The van der Waals surface area contributed by atoms with Crippen LogP contribution in [0.3, 0.4) is 0 Å². The Labute approximate surface area is 160 Å². The van der Waals surface area contributed by atoms with Gasteiger partial charge in [0.1, 0.15) is 11.5 Å². The molecule has 0 radical (unpaired) electrons. The molecule has 0 unspecified atom stereocenters. The lowest BCUT2D eigenvalue weighted by Crippen LogP contribution is -2.17. The Bertz CT molecular complexity index is 1120. The maximum atomic E-state index is 13.3. The minimum atomic E-state index is -0.327. The summed E-state index contributed by atoms with van der Waals surface area (Å²) in [6.07, 6.45) is 3.42. The molecule has 27 heavy (non-hydrogen) atoms. The van der Waals surface area contributed by atoms with E-state index in [9.17, 15) is 9.18 Å². The van der Waals surface area contributed by atoms with Gasteiger partial charge in [0.2, 0.25) is 0 Å². The molecule has 4 aromatic rings. The first-order valence-electron chi connectivity index (χ1n) is 8.34. The van der Waals surface area contributed by atoms with Crippen LogP contribution in [-0.2, 0) is 0 Å². The number of fused-ring (bicyclic) bond motifs is 1. The van der Waals surface area contributed by atoms with Crippen molar-refractivity contribution in [3.63, 3.8) is 0 Å². The standard InChI is InChI=1S/C21H16FN3OS/c1-27-21-23-13-19(25(21)16-11-9-15(22)10-12-16)20(26)24-18-8-4-6-14-5-2-3-7-17(14)18/h2-13H,1H3,(H,24,26). The predicted molar refractivity (Wildman–Crippen MR) is 107 cm³/mol. The zero-order chi connectivity index (χ0) is 18.8. The highest BCUT2D eigenvalue weighted by Gasteiger charge is 2.18. The minimum absolute atomic E-state index is 0.275. The molecular formula is C21H16FN3OS. The van der Waals surface area contributed by atoms with E-state index in [-0.39, 0.29) is 11.7 Å². The van der Waals surface area contributed by atoms with Crippen LogP contribution in [0.4, 0.5) is 10.1 Å². The van der Waals surface area contributed by atoms with Crippen molar-refractivity contribution >= 4 is 34.1 Å². The third-order valence-corrected chi connectivity index (χ3v) is 4.92. The SMILES string of the molecule is CSc1ncc(C(=O)Nc2cccc3ccccc23)n1-c1ccc(F)cc1. The molecule has 1 amide bonds. The van der Waals surface area contributed by atoms with Gasteiger partial charge < -0.3 is 5.32 Å². The Balaban J connectivity index is 1.74. The van der Waals surface area contributed by atoms with Gasteiger partial charge in [0.05, 0.1) is 6.20 Å². The highest BCUT2D eigenvalue weighted by Crippen LogP contribution is 2.26. The van der Waals surface area contributed by atoms with Crippen LogP contribution in [0.5, 0.6) is 0 Å². The monoisotopic (exact) mass is 377 g/mol. The van der Waals surface area contributed by atoms with Gasteiger partial charge in [0.25, 0.3) is 5.91 Å². The fourth-order valence-electron chi connectivity index (χ4n) is 3.00. The molecule has 3 aromatic carbocycles. The lowest BCUT2D eigenvalue weighted by atomic mass is 10.1. The summed E-state index contributed by atoms with van der Waals surface area (Å²) in [5.74, 6) is -0.602. The second kappa shape index (κ2) is 7.25. The molecule has 0 bridgehead atoms. The van der Waals surface area contributed by atoms with E-state index < -0.39 is 0 Å². The third kappa shape index (κ3) is 3.31. The van der Waals surface area contributed by atoms with Crippen molar-refractivity contribution in [1.29, 1.82) is 0 Å². The molecule has 0 aliphatic heterocycles.